The van der Waals surface area contributed by atoms with Crippen LogP contribution >= 0.6 is 23.4 Å². The van der Waals surface area contributed by atoms with E-state index < -0.39 is 0 Å². The number of benzene rings is 1. The molecule has 0 aliphatic carbocycles. The predicted octanol–water partition coefficient (Wildman–Crippen LogP) is 4.61. The van der Waals surface area contributed by atoms with Gasteiger partial charge in [0.05, 0.1) is 0 Å². The van der Waals surface area contributed by atoms with E-state index in [1.54, 1.807) is 0 Å². The van der Waals surface area contributed by atoms with Crippen LogP contribution in [0.25, 0.3) is 11.2 Å². The summed E-state index contributed by atoms with van der Waals surface area (Å²) in [4.78, 5) is 14.2. The van der Waals surface area contributed by atoms with Crippen LogP contribution in [0.4, 0.5) is 5.82 Å². The van der Waals surface area contributed by atoms with Gasteiger partial charge in [0.15, 0.2) is 22.1 Å². The van der Waals surface area contributed by atoms with Gasteiger partial charge < -0.3 is 15.6 Å². The predicted molar refractivity (Wildman–Crippen MR) is 125 cm³/mol. The Balaban J connectivity index is 1.92. The highest BCUT2D eigenvalue weighted by molar-refractivity contribution is 7.99. The van der Waals surface area contributed by atoms with Gasteiger partial charge >= 0.3 is 0 Å². The molecule has 3 aromatic rings. The molecule has 6 nitrogen and oxygen atoms in total. The molecular weight excluding hydrogens is 416 g/mol. The molecule has 0 fully saturated rings. The van der Waals surface area contributed by atoms with Gasteiger partial charge in [-0.05, 0) is 31.2 Å². The fourth-order valence-corrected chi connectivity index (χ4v) is 4.18. The Bertz CT molecular complexity index is 1080. The number of nitrogens with two attached hydrogens (primary N) is 1. The number of nitrogen functional groups attached to an aromatic ring is 1. The second kappa shape index (κ2) is 10.2. The van der Waals surface area contributed by atoms with E-state index in [-0.39, 0.29) is 0 Å². The van der Waals surface area contributed by atoms with Crippen LogP contribution in [0.2, 0.25) is 5.02 Å². The summed E-state index contributed by atoms with van der Waals surface area (Å²) in [5, 5.41) is 4.90. The van der Waals surface area contributed by atoms with Crippen LogP contribution in [-0.2, 0) is 6.54 Å². The van der Waals surface area contributed by atoms with E-state index in [0.717, 1.165) is 40.8 Å². The maximum Gasteiger partial charge on any atom is 0.175 e. The molecule has 30 heavy (non-hydrogen) atoms. The topological polar surface area (TPSA) is 81.7 Å². The number of anilines is 1. The van der Waals surface area contributed by atoms with Crippen LogP contribution in [0.5, 0.6) is 0 Å². The van der Waals surface area contributed by atoms with Crippen molar-refractivity contribution in [3.8, 4) is 11.8 Å². The summed E-state index contributed by atoms with van der Waals surface area (Å²) in [6.45, 7) is 10.1. The van der Waals surface area contributed by atoms with Crippen LogP contribution in [0, 0.1) is 17.8 Å². The molecule has 0 unspecified atom stereocenters. The number of hydrogen-bond donors (Lipinski definition) is 2. The van der Waals surface area contributed by atoms with Crippen LogP contribution in [-0.4, -0.2) is 32.1 Å². The first-order chi connectivity index (χ1) is 14.3. The zero-order valence-corrected chi connectivity index (χ0v) is 19.3. The number of rotatable bonds is 7. The summed E-state index contributed by atoms with van der Waals surface area (Å²) < 4.78 is 2.10. The molecule has 2 heterocycles. The van der Waals surface area contributed by atoms with Gasteiger partial charge in [-0.25, -0.2) is 15.0 Å². The first kappa shape index (κ1) is 22.4. The number of nitrogens with zero attached hydrogens (tertiary/aromatic N) is 4. The Morgan fingerprint density at radius 3 is 2.73 bits per heavy atom. The highest BCUT2D eigenvalue weighted by Gasteiger charge is 2.16. The highest BCUT2D eigenvalue weighted by Crippen LogP contribution is 2.33. The third-order valence-corrected chi connectivity index (χ3v) is 5.41. The molecule has 0 bridgehead atoms. The van der Waals surface area contributed by atoms with E-state index in [9.17, 15) is 0 Å². The monoisotopic (exact) mass is 442 g/mol. The average Bonchev–Trinajstić information content (AvgIpc) is 3.01. The van der Waals surface area contributed by atoms with Crippen molar-refractivity contribution in [2.45, 2.75) is 56.8 Å². The summed E-state index contributed by atoms with van der Waals surface area (Å²) >= 11 is 7.88. The molecule has 3 rings (SSSR count). The molecule has 8 heteroatoms. The maximum atomic E-state index is 6.35. The lowest BCUT2D eigenvalue weighted by atomic mass is 10.2. The molecule has 1 aromatic carbocycles. The van der Waals surface area contributed by atoms with Gasteiger partial charge in [0.2, 0.25) is 0 Å². The summed E-state index contributed by atoms with van der Waals surface area (Å²) in [5.74, 6) is 7.05. The lowest BCUT2D eigenvalue weighted by Gasteiger charge is -2.11. The molecule has 0 aliphatic rings. The van der Waals surface area contributed by atoms with Crippen LogP contribution < -0.4 is 11.1 Å². The molecule has 0 atom stereocenters. The van der Waals surface area contributed by atoms with E-state index in [1.807, 2.05) is 18.2 Å². The van der Waals surface area contributed by atoms with E-state index in [0.29, 0.717) is 28.3 Å². The molecule has 0 saturated heterocycles. The number of fused-ring (bicyclic) bond motifs is 1. The van der Waals surface area contributed by atoms with Crippen LogP contribution in [0.3, 0.4) is 0 Å². The minimum atomic E-state index is 0.297. The molecule has 0 radical (unpaired) electrons. The van der Waals surface area contributed by atoms with Gasteiger partial charge in [0, 0.05) is 34.0 Å². The minimum Gasteiger partial charge on any atom is -0.382 e. The summed E-state index contributed by atoms with van der Waals surface area (Å²) in [6.07, 6.45) is 2.43. The Labute approximate surface area is 187 Å². The fraction of sp³-hybridized carbons (Fsp3) is 0.409. The summed E-state index contributed by atoms with van der Waals surface area (Å²) in [6, 6.07) is 6.29. The van der Waals surface area contributed by atoms with Crippen LogP contribution in [0.1, 0.15) is 39.7 Å². The smallest absolute Gasteiger partial charge is 0.175 e. The molecule has 158 valence electrons. The number of nitrogens with one attached hydrogen (secondary N) is 1. The van der Waals surface area contributed by atoms with Crippen molar-refractivity contribution in [1.82, 2.24) is 24.8 Å². The Hall–Kier alpha value is -2.27. The van der Waals surface area contributed by atoms with Gasteiger partial charge in [-0.2, -0.15) is 0 Å². The minimum absolute atomic E-state index is 0.297. The third-order valence-electron chi connectivity index (χ3n) is 4.22. The maximum absolute atomic E-state index is 6.35. The molecule has 0 saturated carbocycles. The SMILES string of the molecule is CC(C)C#Cc1cc(Cl)cc(Sc2nc3c(N)ncnc3n2CCCNC(C)C)c1. The van der Waals surface area contributed by atoms with Crippen molar-refractivity contribution < 1.29 is 0 Å². The zero-order chi connectivity index (χ0) is 21.7. The van der Waals surface area contributed by atoms with Crippen molar-refractivity contribution in [2.24, 2.45) is 5.92 Å². The lowest BCUT2D eigenvalue weighted by molar-refractivity contribution is 0.525. The van der Waals surface area contributed by atoms with Gasteiger partial charge in [0.25, 0.3) is 0 Å². The van der Waals surface area contributed by atoms with Gasteiger partial charge in [-0.15, -0.1) is 0 Å². The lowest BCUT2D eigenvalue weighted by Crippen LogP contribution is -2.24. The van der Waals surface area contributed by atoms with Crippen molar-refractivity contribution in [2.75, 3.05) is 12.3 Å². The summed E-state index contributed by atoms with van der Waals surface area (Å²) in [7, 11) is 0. The Morgan fingerprint density at radius 1 is 1.20 bits per heavy atom. The second-order valence-electron chi connectivity index (χ2n) is 7.64. The third kappa shape index (κ3) is 5.88. The first-order valence-corrected chi connectivity index (χ1v) is 11.2. The van der Waals surface area contributed by atoms with Crippen molar-refractivity contribution in [1.29, 1.82) is 0 Å². The average molecular weight is 443 g/mol. The molecular formula is C22H27ClN6S. The number of aryl methyl sites for hydroxylation is 1. The van der Waals surface area contributed by atoms with E-state index in [4.69, 9.17) is 22.3 Å². The zero-order valence-electron chi connectivity index (χ0n) is 17.7. The second-order valence-corrected chi connectivity index (χ2v) is 9.12. The standard InChI is InChI=1S/C22H27ClN6S/c1-14(2)6-7-16-10-17(23)12-18(11-16)30-22-28-19-20(24)26-13-27-21(19)29(22)9-5-8-25-15(3)4/h10-15,25H,5,8-9H2,1-4H3,(H2,24,26,27). The molecule has 0 spiro atoms. The van der Waals surface area contributed by atoms with E-state index in [1.165, 1.54) is 18.1 Å². The molecule has 3 N–H and O–H groups in total. The molecule has 2 aromatic heterocycles. The van der Waals surface area contributed by atoms with Crippen molar-refractivity contribution >= 4 is 40.3 Å². The van der Waals surface area contributed by atoms with Gasteiger partial charge in [-0.1, -0.05) is 62.9 Å². The summed E-state index contributed by atoms with van der Waals surface area (Å²) in [5.41, 5.74) is 8.32. The first-order valence-electron chi connectivity index (χ1n) is 10.0. The quantitative estimate of drug-likeness (QED) is 0.410. The van der Waals surface area contributed by atoms with E-state index >= 15 is 0 Å². The number of halogens is 1. The van der Waals surface area contributed by atoms with Crippen molar-refractivity contribution in [3.05, 3.63) is 35.1 Å². The van der Waals surface area contributed by atoms with Gasteiger partial charge in [-0.3, -0.25) is 0 Å². The number of imidazole rings is 1. The van der Waals surface area contributed by atoms with Gasteiger partial charge in [0.1, 0.15) is 6.33 Å². The number of aromatic nitrogens is 4. The largest absolute Gasteiger partial charge is 0.382 e. The molecule has 0 aliphatic heterocycles. The van der Waals surface area contributed by atoms with Crippen molar-refractivity contribution in [3.63, 3.8) is 0 Å². The van der Waals surface area contributed by atoms with E-state index in [2.05, 4.69) is 59.4 Å². The highest BCUT2D eigenvalue weighted by atomic mass is 35.5. The Kier molecular flexibility index (Phi) is 7.59. The normalized spacial score (nSPS) is 11.3. The van der Waals surface area contributed by atoms with Crippen LogP contribution in [0.15, 0.2) is 34.6 Å². The number of hydrogen-bond acceptors (Lipinski definition) is 6. The Morgan fingerprint density at radius 2 is 2.00 bits per heavy atom. The fourth-order valence-electron chi connectivity index (χ4n) is 2.87. The molecule has 0 amide bonds.